The normalized spacial score (nSPS) is 20.5. The van der Waals surface area contributed by atoms with Crippen LogP contribution in [0.15, 0.2) is 0 Å². The van der Waals surface area contributed by atoms with Crippen molar-refractivity contribution in [2.45, 2.75) is 82.4 Å². The van der Waals surface area contributed by atoms with Crippen molar-refractivity contribution in [2.75, 3.05) is 0 Å². The molecule has 2 aliphatic carbocycles. The van der Waals surface area contributed by atoms with Crippen LogP contribution in [0.25, 0.3) is 0 Å². The van der Waals surface area contributed by atoms with Crippen molar-refractivity contribution in [1.29, 1.82) is 0 Å². The lowest BCUT2D eigenvalue weighted by Crippen LogP contribution is -2.38. The average Bonchev–Trinajstić information content (AvgIpc) is 3.01. The SMILES string of the molecule is O=C(CC(O)CC(=O)NC1CCCC1)NC1CCCC1. The predicted molar refractivity (Wildman–Crippen MR) is 76.0 cm³/mol. The van der Waals surface area contributed by atoms with Crippen LogP contribution in [-0.4, -0.2) is 35.1 Å². The Morgan fingerprint density at radius 2 is 1.20 bits per heavy atom. The molecule has 3 N–H and O–H groups in total. The van der Waals surface area contributed by atoms with Crippen molar-refractivity contribution in [1.82, 2.24) is 10.6 Å². The lowest BCUT2D eigenvalue weighted by molar-refractivity contribution is -0.126. The monoisotopic (exact) mass is 282 g/mol. The fraction of sp³-hybridized carbons (Fsp3) is 0.867. The molecular weight excluding hydrogens is 256 g/mol. The highest BCUT2D eigenvalue weighted by Crippen LogP contribution is 2.18. The van der Waals surface area contributed by atoms with Gasteiger partial charge < -0.3 is 15.7 Å². The molecule has 2 amide bonds. The third kappa shape index (κ3) is 5.12. The van der Waals surface area contributed by atoms with Crippen molar-refractivity contribution >= 4 is 11.8 Å². The van der Waals surface area contributed by atoms with Gasteiger partial charge in [-0.05, 0) is 25.7 Å². The fourth-order valence-electron chi connectivity index (χ4n) is 3.21. The molecule has 2 saturated carbocycles. The molecule has 0 aromatic heterocycles. The first-order valence-electron chi connectivity index (χ1n) is 7.90. The summed E-state index contributed by atoms with van der Waals surface area (Å²) in [4.78, 5) is 23.5. The number of aliphatic hydroxyl groups excluding tert-OH is 1. The van der Waals surface area contributed by atoms with E-state index in [2.05, 4.69) is 10.6 Å². The van der Waals surface area contributed by atoms with Crippen LogP contribution in [0.2, 0.25) is 0 Å². The molecular formula is C15H26N2O3. The van der Waals surface area contributed by atoms with E-state index in [0.29, 0.717) is 0 Å². The topological polar surface area (TPSA) is 78.4 Å². The molecule has 2 aliphatic rings. The summed E-state index contributed by atoms with van der Waals surface area (Å²) in [6, 6.07) is 0.532. The van der Waals surface area contributed by atoms with Crippen LogP contribution < -0.4 is 10.6 Å². The summed E-state index contributed by atoms with van der Waals surface area (Å²) in [5.74, 6) is -0.281. The quantitative estimate of drug-likeness (QED) is 0.686. The van der Waals surface area contributed by atoms with Gasteiger partial charge in [-0.25, -0.2) is 0 Å². The molecule has 0 atom stereocenters. The third-order valence-electron chi connectivity index (χ3n) is 4.28. The summed E-state index contributed by atoms with van der Waals surface area (Å²) in [5.41, 5.74) is 0. The van der Waals surface area contributed by atoms with Crippen LogP contribution >= 0.6 is 0 Å². The number of carbonyl (C=O) groups is 2. The first-order chi connectivity index (χ1) is 9.63. The minimum Gasteiger partial charge on any atom is -0.392 e. The highest BCUT2D eigenvalue weighted by Gasteiger charge is 2.22. The summed E-state index contributed by atoms with van der Waals surface area (Å²) in [7, 11) is 0. The molecule has 0 bridgehead atoms. The second-order valence-corrected chi connectivity index (χ2v) is 6.16. The van der Waals surface area contributed by atoms with Gasteiger partial charge in [-0.2, -0.15) is 0 Å². The van der Waals surface area contributed by atoms with Gasteiger partial charge in [-0.1, -0.05) is 25.7 Å². The van der Waals surface area contributed by atoms with Crippen molar-refractivity contribution in [3.63, 3.8) is 0 Å². The molecule has 114 valence electrons. The Morgan fingerprint density at radius 3 is 1.55 bits per heavy atom. The molecule has 0 unspecified atom stereocenters. The fourth-order valence-corrected chi connectivity index (χ4v) is 3.21. The first kappa shape index (κ1) is 15.3. The highest BCUT2D eigenvalue weighted by atomic mass is 16.3. The Bertz CT molecular complexity index is 302. The van der Waals surface area contributed by atoms with Gasteiger partial charge in [0, 0.05) is 12.1 Å². The maximum atomic E-state index is 11.7. The van der Waals surface area contributed by atoms with E-state index in [4.69, 9.17) is 0 Å². The van der Waals surface area contributed by atoms with Gasteiger partial charge in [0.05, 0.1) is 18.9 Å². The van der Waals surface area contributed by atoms with E-state index in [-0.39, 0.29) is 36.7 Å². The number of carbonyl (C=O) groups excluding carboxylic acids is 2. The van der Waals surface area contributed by atoms with Gasteiger partial charge in [-0.15, -0.1) is 0 Å². The molecule has 20 heavy (non-hydrogen) atoms. The molecule has 2 fully saturated rings. The lowest BCUT2D eigenvalue weighted by atomic mass is 10.1. The van der Waals surface area contributed by atoms with Crippen LogP contribution in [0.3, 0.4) is 0 Å². The smallest absolute Gasteiger partial charge is 0.222 e. The Morgan fingerprint density at radius 1 is 0.850 bits per heavy atom. The van der Waals surface area contributed by atoms with E-state index in [0.717, 1.165) is 51.4 Å². The number of hydrogen-bond donors (Lipinski definition) is 3. The molecule has 5 nitrogen and oxygen atoms in total. The predicted octanol–water partition coefficient (Wildman–Crippen LogP) is 1.25. The van der Waals surface area contributed by atoms with E-state index in [1.807, 2.05) is 0 Å². The molecule has 5 heteroatoms. The number of nitrogens with one attached hydrogen (secondary N) is 2. The van der Waals surface area contributed by atoms with Gasteiger partial charge >= 0.3 is 0 Å². The molecule has 2 rings (SSSR count). The summed E-state index contributed by atoms with van der Waals surface area (Å²) >= 11 is 0. The number of amides is 2. The maximum absolute atomic E-state index is 11.7. The molecule has 0 aliphatic heterocycles. The van der Waals surface area contributed by atoms with Crippen molar-refractivity contribution in [3.05, 3.63) is 0 Å². The van der Waals surface area contributed by atoms with E-state index in [1.165, 1.54) is 0 Å². The Balaban J connectivity index is 1.61. The number of rotatable bonds is 6. The maximum Gasteiger partial charge on any atom is 0.222 e. The first-order valence-corrected chi connectivity index (χ1v) is 7.90. The van der Waals surface area contributed by atoms with Crippen LogP contribution in [0.4, 0.5) is 0 Å². The molecule has 0 aromatic carbocycles. The van der Waals surface area contributed by atoms with Crippen LogP contribution in [0.5, 0.6) is 0 Å². The highest BCUT2D eigenvalue weighted by molar-refractivity contribution is 5.80. The zero-order valence-electron chi connectivity index (χ0n) is 12.1. The largest absolute Gasteiger partial charge is 0.392 e. The van der Waals surface area contributed by atoms with Crippen LogP contribution in [0.1, 0.15) is 64.2 Å². The summed E-state index contributed by atoms with van der Waals surface area (Å²) in [6.45, 7) is 0. The van der Waals surface area contributed by atoms with Gasteiger partial charge in [0.15, 0.2) is 0 Å². The van der Waals surface area contributed by atoms with Crippen molar-refractivity contribution < 1.29 is 14.7 Å². The van der Waals surface area contributed by atoms with E-state index in [1.54, 1.807) is 0 Å². The Labute approximate surface area is 120 Å². The standard InChI is InChI=1S/C15H26N2O3/c18-13(9-14(19)16-11-5-1-2-6-11)10-15(20)17-12-7-3-4-8-12/h11-13,18H,1-10H2,(H,16,19)(H,17,20). The average molecular weight is 282 g/mol. The number of aliphatic hydroxyl groups is 1. The van der Waals surface area contributed by atoms with E-state index in [9.17, 15) is 14.7 Å². The second-order valence-electron chi connectivity index (χ2n) is 6.16. The van der Waals surface area contributed by atoms with Gasteiger partial charge in [0.1, 0.15) is 0 Å². The minimum absolute atomic E-state index is 0.0224. The van der Waals surface area contributed by atoms with Crippen LogP contribution in [0, 0.1) is 0 Å². The molecule has 0 aromatic rings. The molecule has 0 saturated heterocycles. The molecule has 0 heterocycles. The van der Waals surface area contributed by atoms with Gasteiger partial charge in [0.2, 0.25) is 11.8 Å². The van der Waals surface area contributed by atoms with Gasteiger partial charge in [-0.3, -0.25) is 9.59 Å². The Kier molecular flexibility index (Phi) is 5.83. The van der Waals surface area contributed by atoms with Gasteiger partial charge in [0.25, 0.3) is 0 Å². The Hall–Kier alpha value is -1.10. The molecule has 0 spiro atoms. The molecule has 0 radical (unpaired) electrons. The van der Waals surface area contributed by atoms with Crippen molar-refractivity contribution in [2.24, 2.45) is 0 Å². The summed E-state index contributed by atoms with van der Waals surface area (Å²) < 4.78 is 0. The zero-order valence-corrected chi connectivity index (χ0v) is 12.1. The summed E-state index contributed by atoms with van der Waals surface area (Å²) in [6.07, 6.45) is 7.95. The zero-order chi connectivity index (χ0) is 14.4. The second kappa shape index (κ2) is 7.62. The van der Waals surface area contributed by atoms with Crippen molar-refractivity contribution in [3.8, 4) is 0 Å². The van der Waals surface area contributed by atoms with E-state index >= 15 is 0 Å². The number of hydrogen-bond acceptors (Lipinski definition) is 3. The summed E-state index contributed by atoms with van der Waals surface area (Å²) in [5, 5.41) is 15.7. The van der Waals surface area contributed by atoms with Crippen LogP contribution in [-0.2, 0) is 9.59 Å². The minimum atomic E-state index is -0.877. The van der Waals surface area contributed by atoms with E-state index < -0.39 is 6.10 Å². The lowest BCUT2D eigenvalue weighted by Gasteiger charge is -2.16. The third-order valence-corrected chi connectivity index (χ3v) is 4.28.